The lowest BCUT2D eigenvalue weighted by molar-refractivity contribution is 0.603. The van der Waals surface area contributed by atoms with Crippen LogP contribution in [0.3, 0.4) is 0 Å². The predicted octanol–water partition coefficient (Wildman–Crippen LogP) is 3.34. The Labute approximate surface area is 131 Å². The standard InChI is InChI=1S/C13H15BrN2O2S2/c1-9-3-5-11(14)12(7-9)16-20(17,18)13-6-4-10(19-13)8-15-2/h3-7,15-16H,8H2,1-2H3. The van der Waals surface area contributed by atoms with Crippen molar-refractivity contribution in [1.82, 2.24) is 5.32 Å². The van der Waals surface area contributed by atoms with Crippen LogP contribution in [0.1, 0.15) is 10.4 Å². The van der Waals surface area contributed by atoms with E-state index >= 15 is 0 Å². The van der Waals surface area contributed by atoms with Gasteiger partial charge in [0.1, 0.15) is 4.21 Å². The number of sulfonamides is 1. The van der Waals surface area contributed by atoms with Crippen LogP contribution in [0, 0.1) is 6.92 Å². The first-order valence-corrected chi connectivity index (χ1v) is 9.04. The summed E-state index contributed by atoms with van der Waals surface area (Å²) in [6.07, 6.45) is 0. The minimum Gasteiger partial charge on any atom is -0.315 e. The lowest BCUT2D eigenvalue weighted by Crippen LogP contribution is -2.12. The van der Waals surface area contributed by atoms with Crippen molar-refractivity contribution in [1.29, 1.82) is 0 Å². The molecule has 0 amide bonds. The third-order valence-electron chi connectivity index (χ3n) is 2.62. The van der Waals surface area contributed by atoms with Crippen molar-refractivity contribution in [3.63, 3.8) is 0 Å². The van der Waals surface area contributed by atoms with E-state index in [4.69, 9.17) is 0 Å². The maximum absolute atomic E-state index is 12.3. The number of nitrogens with one attached hydrogen (secondary N) is 2. The molecule has 0 radical (unpaired) electrons. The highest BCUT2D eigenvalue weighted by molar-refractivity contribution is 9.10. The minimum absolute atomic E-state index is 0.316. The van der Waals surface area contributed by atoms with Crippen LogP contribution >= 0.6 is 27.3 Å². The van der Waals surface area contributed by atoms with E-state index in [0.29, 0.717) is 16.4 Å². The topological polar surface area (TPSA) is 58.2 Å². The molecule has 0 atom stereocenters. The zero-order valence-electron chi connectivity index (χ0n) is 11.1. The molecular formula is C13H15BrN2O2S2. The fraction of sp³-hybridized carbons (Fsp3) is 0.231. The number of hydrogen-bond donors (Lipinski definition) is 2. The average Bonchev–Trinajstić information content (AvgIpc) is 2.83. The van der Waals surface area contributed by atoms with E-state index < -0.39 is 10.0 Å². The van der Waals surface area contributed by atoms with Crippen LogP contribution in [0.15, 0.2) is 39.0 Å². The van der Waals surface area contributed by atoms with Gasteiger partial charge in [-0.1, -0.05) is 6.07 Å². The highest BCUT2D eigenvalue weighted by Crippen LogP contribution is 2.28. The molecule has 0 bridgehead atoms. The highest BCUT2D eigenvalue weighted by Gasteiger charge is 2.18. The summed E-state index contributed by atoms with van der Waals surface area (Å²) in [5.41, 5.74) is 1.54. The Hall–Kier alpha value is -0.890. The third-order valence-corrected chi connectivity index (χ3v) is 6.25. The molecule has 1 aromatic carbocycles. The molecule has 2 aromatic rings. The van der Waals surface area contributed by atoms with Gasteiger partial charge in [0.2, 0.25) is 0 Å². The fourth-order valence-electron chi connectivity index (χ4n) is 1.68. The molecule has 0 saturated carbocycles. The van der Waals surface area contributed by atoms with Gasteiger partial charge in [0.05, 0.1) is 5.69 Å². The zero-order valence-corrected chi connectivity index (χ0v) is 14.3. The van der Waals surface area contributed by atoms with Crippen LogP contribution in [0.2, 0.25) is 0 Å². The zero-order chi connectivity index (χ0) is 14.8. The van der Waals surface area contributed by atoms with Crippen molar-refractivity contribution >= 4 is 43.0 Å². The van der Waals surface area contributed by atoms with Gasteiger partial charge in [-0.2, -0.15) is 0 Å². The maximum atomic E-state index is 12.3. The second kappa shape index (κ2) is 6.26. The predicted molar refractivity (Wildman–Crippen MR) is 86.8 cm³/mol. The fourth-order valence-corrected chi connectivity index (χ4v) is 4.60. The van der Waals surface area contributed by atoms with E-state index in [2.05, 4.69) is 26.0 Å². The van der Waals surface area contributed by atoms with E-state index in [-0.39, 0.29) is 0 Å². The van der Waals surface area contributed by atoms with E-state index in [0.717, 1.165) is 14.9 Å². The third kappa shape index (κ3) is 3.60. The number of rotatable bonds is 5. The number of thiophene rings is 1. The molecule has 0 aliphatic carbocycles. The summed E-state index contributed by atoms with van der Waals surface area (Å²) < 4.78 is 28.3. The van der Waals surface area contributed by atoms with E-state index in [1.807, 2.05) is 32.2 Å². The van der Waals surface area contributed by atoms with Crippen molar-refractivity contribution in [2.24, 2.45) is 0 Å². The van der Waals surface area contributed by atoms with Crippen molar-refractivity contribution < 1.29 is 8.42 Å². The van der Waals surface area contributed by atoms with Crippen LogP contribution in [-0.2, 0) is 16.6 Å². The highest BCUT2D eigenvalue weighted by atomic mass is 79.9. The van der Waals surface area contributed by atoms with Gasteiger partial charge < -0.3 is 5.32 Å². The molecule has 0 saturated heterocycles. The van der Waals surface area contributed by atoms with E-state index in [9.17, 15) is 8.42 Å². The summed E-state index contributed by atoms with van der Waals surface area (Å²) in [4.78, 5) is 0.983. The van der Waals surface area contributed by atoms with Crippen LogP contribution < -0.4 is 10.0 Å². The summed E-state index contributed by atoms with van der Waals surface area (Å²) in [5.74, 6) is 0. The Morgan fingerprint density at radius 1 is 1.25 bits per heavy atom. The van der Waals surface area contributed by atoms with Crippen molar-refractivity contribution in [2.75, 3.05) is 11.8 Å². The Kier molecular flexibility index (Phi) is 4.85. The molecule has 1 heterocycles. The lowest BCUT2D eigenvalue weighted by atomic mass is 10.2. The monoisotopic (exact) mass is 374 g/mol. The normalized spacial score (nSPS) is 11.6. The number of benzene rings is 1. The van der Waals surface area contributed by atoms with Crippen LogP contribution in [0.4, 0.5) is 5.69 Å². The molecule has 20 heavy (non-hydrogen) atoms. The molecule has 0 unspecified atom stereocenters. The molecular weight excluding hydrogens is 360 g/mol. The van der Waals surface area contributed by atoms with Crippen molar-refractivity contribution in [3.05, 3.63) is 45.2 Å². The summed E-state index contributed by atoms with van der Waals surface area (Å²) in [5, 5.41) is 3.00. The quantitative estimate of drug-likeness (QED) is 0.843. The molecule has 0 spiro atoms. The van der Waals surface area contributed by atoms with Gasteiger partial charge >= 0.3 is 0 Å². The lowest BCUT2D eigenvalue weighted by Gasteiger charge is -2.09. The van der Waals surface area contributed by atoms with Gasteiger partial charge in [0.15, 0.2) is 0 Å². The molecule has 108 valence electrons. The first kappa shape index (κ1) is 15.5. The largest absolute Gasteiger partial charge is 0.315 e. The van der Waals surface area contributed by atoms with E-state index in [1.54, 1.807) is 12.1 Å². The SMILES string of the molecule is CNCc1ccc(S(=O)(=O)Nc2cc(C)ccc2Br)s1. The second-order valence-corrected chi connectivity index (χ2v) is 8.27. The summed E-state index contributed by atoms with van der Waals surface area (Å²) in [7, 11) is -1.71. The first-order valence-electron chi connectivity index (χ1n) is 5.94. The number of aryl methyl sites for hydroxylation is 1. The molecule has 1 aromatic heterocycles. The van der Waals surface area contributed by atoms with Gasteiger partial charge in [-0.15, -0.1) is 11.3 Å². The molecule has 0 fully saturated rings. The average molecular weight is 375 g/mol. The first-order chi connectivity index (χ1) is 9.42. The molecule has 0 aliphatic heterocycles. The summed E-state index contributed by atoms with van der Waals surface area (Å²) in [6, 6.07) is 8.99. The summed E-state index contributed by atoms with van der Waals surface area (Å²) in [6.45, 7) is 2.58. The van der Waals surface area contributed by atoms with Gasteiger partial charge in [-0.3, -0.25) is 4.72 Å². The molecule has 2 N–H and O–H groups in total. The molecule has 4 nitrogen and oxygen atoms in total. The Morgan fingerprint density at radius 3 is 2.70 bits per heavy atom. The van der Waals surface area contributed by atoms with Crippen LogP contribution in [-0.4, -0.2) is 15.5 Å². The number of anilines is 1. The number of halogens is 1. The Morgan fingerprint density at radius 2 is 2.00 bits per heavy atom. The maximum Gasteiger partial charge on any atom is 0.271 e. The second-order valence-electron chi connectivity index (χ2n) is 4.34. The minimum atomic E-state index is -3.54. The number of hydrogen-bond acceptors (Lipinski definition) is 4. The molecule has 7 heteroatoms. The summed E-state index contributed by atoms with van der Waals surface area (Å²) >= 11 is 4.62. The smallest absolute Gasteiger partial charge is 0.271 e. The molecule has 2 rings (SSSR count). The van der Waals surface area contributed by atoms with Gasteiger partial charge in [0.25, 0.3) is 10.0 Å². The van der Waals surface area contributed by atoms with Crippen molar-refractivity contribution in [3.8, 4) is 0 Å². The van der Waals surface area contributed by atoms with Gasteiger partial charge in [0, 0.05) is 15.9 Å². The Bertz CT molecular complexity index is 711. The molecule has 0 aliphatic rings. The van der Waals surface area contributed by atoms with Crippen LogP contribution in [0.25, 0.3) is 0 Å². The van der Waals surface area contributed by atoms with Gasteiger partial charge in [-0.25, -0.2) is 8.42 Å². The van der Waals surface area contributed by atoms with Crippen molar-refractivity contribution in [2.45, 2.75) is 17.7 Å². The van der Waals surface area contributed by atoms with E-state index in [1.165, 1.54) is 11.3 Å². The van der Waals surface area contributed by atoms with Crippen LogP contribution in [0.5, 0.6) is 0 Å². The Balaban J connectivity index is 2.28. The van der Waals surface area contributed by atoms with Gasteiger partial charge in [-0.05, 0) is 59.7 Å².